The number of aromatic nitrogens is 2. The first-order chi connectivity index (χ1) is 22.7. The third kappa shape index (κ3) is 9.51. The number of nitrogens with one attached hydrogen (secondary N) is 2. The lowest BCUT2D eigenvalue weighted by Crippen LogP contribution is -2.52. The first-order valence-electron chi connectivity index (χ1n) is 16.3. The van der Waals surface area contributed by atoms with Crippen molar-refractivity contribution in [1.29, 1.82) is 0 Å². The number of cyclic esters (lactones) is 1. The molecule has 250 valence electrons. The van der Waals surface area contributed by atoms with Gasteiger partial charge in [-0.05, 0) is 43.7 Å². The van der Waals surface area contributed by atoms with Crippen molar-refractivity contribution in [2.45, 2.75) is 90.2 Å². The number of halogens is 1. The summed E-state index contributed by atoms with van der Waals surface area (Å²) in [4.78, 5) is 70.4. The highest BCUT2D eigenvalue weighted by Gasteiger charge is 2.49. The number of ketones is 1. The van der Waals surface area contributed by atoms with Crippen molar-refractivity contribution >= 4 is 46.9 Å². The van der Waals surface area contributed by atoms with Gasteiger partial charge in [-0.3, -0.25) is 19.2 Å². The monoisotopic (exact) mass is 663 g/mol. The lowest BCUT2D eigenvalue weighted by atomic mass is 10.1. The third-order valence-electron chi connectivity index (χ3n) is 8.01. The van der Waals surface area contributed by atoms with Gasteiger partial charge in [0.1, 0.15) is 12.0 Å². The number of para-hydroxylation sites is 1. The molecule has 0 saturated carbocycles. The Kier molecular flexibility index (Phi) is 13.1. The van der Waals surface area contributed by atoms with Crippen LogP contribution in [0.2, 0.25) is 5.02 Å². The highest BCUT2D eigenvalue weighted by atomic mass is 35.5. The molecule has 0 bridgehead atoms. The van der Waals surface area contributed by atoms with E-state index in [4.69, 9.17) is 16.3 Å². The number of benzene rings is 2. The molecule has 0 spiro atoms. The Morgan fingerprint density at radius 2 is 1.60 bits per heavy atom. The Hall–Kier alpha value is -4.51. The maximum Gasteiger partial charge on any atom is 0.418 e. The zero-order chi connectivity index (χ0) is 33.8. The Morgan fingerprint density at radius 3 is 2.23 bits per heavy atom. The van der Waals surface area contributed by atoms with Crippen LogP contribution in [0.1, 0.15) is 98.9 Å². The van der Waals surface area contributed by atoms with Crippen molar-refractivity contribution in [1.82, 2.24) is 19.8 Å². The average Bonchev–Trinajstić information content (AvgIpc) is 3.66. The van der Waals surface area contributed by atoms with E-state index < -0.39 is 35.8 Å². The van der Waals surface area contributed by atoms with Crippen LogP contribution in [0.3, 0.4) is 0 Å². The summed E-state index contributed by atoms with van der Waals surface area (Å²) >= 11 is 6.36. The fraction of sp³-hybridized carbons (Fsp3) is 0.429. The van der Waals surface area contributed by atoms with Crippen molar-refractivity contribution < 1.29 is 28.7 Å². The molecule has 4 rings (SSSR count). The SMILES string of the molecule is CCCCCCCCCCCCNC(=O)c1ccc(Cl)c(NC(=O)C(C(=O)c2cn(-c3ccccc3)cn2)N2C(=O)OC(C)C2=O)c1. The summed E-state index contributed by atoms with van der Waals surface area (Å²) in [6.07, 6.45) is 12.3. The Balaban J connectivity index is 1.40. The molecule has 2 N–H and O–H groups in total. The fourth-order valence-corrected chi connectivity index (χ4v) is 5.51. The molecule has 0 aliphatic carbocycles. The van der Waals surface area contributed by atoms with Gasteiger partial charge in [-0.2, -0.15) is 0 Å². The highest BCUT2D eigenvalue weighted by Crippen LogP contribution is 2.26. The van der Waals surface area contributed by atoms with Crippen molar-refractivity contribution in [3.8, 4) is 5.69 Å². The number of rotatable bonds is 18. The van der Waals surface area contributed by atoms with Gasteiger partial charge in [0, 0.05) is 24.0 Å². The van der Waals surface area contributed by atoms with E-state index in [9.17, 15) is 24.0 Å². The van der Waals surface area contributed by atoms with Gasteiger partial charge in [0.15, 0.2) is 12.1 Å². The minimum absolute atomic E-state index is 0.0314. The predicted molar refractivity (Wildman–Crippen MR) is 179 cm³/mol. The second kappa shape index (κ2) is 17.4. The van der Waals surface area contributed by atoms with E-state index >= 15 is 0 Å². The number of ether oxygens (including phenoxy) is 1. The van der Waals surface area contributed by atoms with E-state index in [0.29, 0.717) is 17.1 Å². The molecule has 2 heterocycles. The summed E-state index contributed by atoms with van der Waals surface area (Å²) in [5, 5.41) is 5.51. The number of hydrogen-bond donors (Lipinski definition) is 2. The van der Waals surface area contributed by atoms with Gasteiger partial charge < -0.3 is 19.9 Å². The van der Waals surface area contributed by atoms with E-state index in [2.05, 4.69) is 22.5 Å². The predicted octanol–water partition coefficient (Wildman–Crippen LogP) is 6.73. The van der Waals surface area contributed by atoms with E-state index in [1.165, 1.54) is 82.6 Å². The van der Waals surface area contributed by atoms with E-state index in [1.807, 2.05) is 18.2 Å². The number of imidazole rings is 1. The summed E-state index contributed by atoms with van der Waals surface area (Å²) in [6, 6.07) is 11.5. The number of unbranched alkanes of at least 4 members (excludes halogenated alkanes) is 9. The molecule has 12 heteroatoms. The molecule has 0 radical (unpaired) electrons. The number of amides is 4. The summed E-state index contributed by atoms with van der Waals surface area (Å²) in [7, 11) is 0. The van der Waals surface area contributed by atoms with Gasteiger partial charge in [-0.15, -0.1) is 0 Å². The van der Waals surface area contributed by atoms with Crippen LogP contribution in [0, 0.1) is 0 Å². The highest BCUT2D eigenvalue weighted by molar-refractivity contribution is 6.34. The molecule has 2 unspecified atom stereocenters. The second-order valence-corrected chi connectivity index (χ2v) is 12.0. The summed E-state index contributed by atoms with van der Waals surface area (Å²) in [5.74, 6) is -3.12. The molecule has 2 aromatic carbocycles. The average molecular weight is 664 g/mol. The third-order valence-corrected chi connectivity index (χ3v) is 8.34. The van der Waals surface area contributed by atoms with Crippen molar-refractivity contribution in [3.63, 3.8) is 0 Å². The van der Waals surface area contributed by atoms with Crippen LogP contribution in [-0.2, 0) is 14.3 Å². The van der Waals surface area contributed by atoms with Crippen LogP contribution < -0.4 is 10.6 Å². The lowest BCUT2D eigenvalue weighted by molar-refractivity contribution is -0.133. The molecule has 11 nitrogen and oxygen atoms in total. The van der Waals surface area contributed by atoms with Gasteiger partial charge in [0.05, 0.1) is 10.7 Å². The Labute approximate surface area is 280 Å². The number of nitrogens with zero attached hydrogens (tertiary/aromatic N) is 3. The first kappa shape index (κ1) is 35.3. The van der Waals surface area contributed by atoms with Crippen molar-refractivity contribution in [2.24, 2.45) is 0 Å². The Morgan fingerprint density at radius 1 is 0.936 bits per heavy atom. The quantitative estimate of drug-likeness (QED) is 0.0873. The van der Waals surface area contributed by atoms with Crippen molar-refractivity contribution in [2.75, 3.05) is 11.9 Å². The van der Waals surface area contributed by atoms with Crippen LogP contribution in [0.4, 0.5) is 10.5 Å². The molecule has 1 aromatic heterocycles. The molecule has 2 atom stereocenters. The summed E-state index contributed by atoms with van der Waals surface area (Å²) in [6.45, 7) is 4.06. The number of anilines is 1. The zero-order valence-corrected chi connectivity index (χ0v) is 27.6. The van der Waals surface area contributed by atoms with Crippen LogP contribution in [0.25, 0.3) is 5.69 Å². The minimum atomic E-state index is -1.94. The molecule has 1 aliphatic heterocycles. The van der Waals surface area contributed by atoms with Gasteiger partial charge in [0.25, 0.3) is 17.7 Å². The molecule has 4 amide bonds. The van der Waals surface area contributed by atoms with E-state index in [-0.39, 0.29) is 27.9 Å². The first-order valence-corrected chi connectivity index (χ1v) is 16.6. The van der Waals surface area contributed by atoms with Crippen LogP contribution in [0.5, 0.6) is 0 Å². The van der Waals surface area contributed by atoms with Crippen LogP contribution >= 0.6 is 11.6 Å². The Bertz CT molecular complexity index is 1560. The number of Topliss-reactive ketones (excluding diaryl/α,β-unsaturated/α-hetero) is 1. The molecular formula is C35H42ClN5O6. The molecule has 1 fully saturated rings. The standard InChI is InChI=1S/C35H42ClN5O6/c1-3-4-5-6-7-8-9-10-11-15-20-37-32(43)25-18-19-27(36)28(21-25)39-33(44)30(41-34(45)24(2)47-35(41)46)31(42)29-22-40(23-38-29)26-16-13-12-14-17-26/h12-14,16-19,21-24,30H,3-11,15,20H2,1-2H3,(H,37,43)(H,39,44). The van der Waals surface area contributed by atoms with Gasteiger partial charge in [-0.1, -0.05) is 94.5 Å². The topological polar surface area (TPSA) is 140 Å². The summed E-state index contributed by atoms with van der Waals surface area (Å²) in [5.41, 5.74) is 0.830. The molecule has 1 aliphatic rings. The normalized spacial score (nSPS) is 15.0. The van der Waals surface area contributed by atoms with Gasteiger partial charge in [-0.25, -0.2) is 14.7 Å². The number of carbonyl (C=O) groups excluding carboxylic acids is 5. The second-order valence-electron chi connectivity index (χ2n) is 11.6. The number of hydrogen-bond acceptors (Lipinski definition) is 7. The molecular weight excluding hydrogens is 622 g/mol. The smallest absolute Gasteiger partial charge is 0.418 e. The fourth-order valence-electron chi connectivity index (χ4n) is 5.34. The van der Waals surface area contributed by atoms with Crippen LogP contribution in [-0.4, -0.2) is 62.7 Å². The number of carbonyl (C=O) groups is 5. The number of imide groups is 1. The van der Waals surface area contributed by atoms with Gasteiger partial charge >= 0.3 is 6.09 Å². The van der Waals surface area contributed by atoms with Gasteiger partial charge in [0.2, 0.25) is 5.78 Å². The molecule has 3 aromatic rings. The maximum absolute atomic E-state index is 13.7. The van der Waals surface area contributed by atoms with Crippen LogP contribution in [0.15, 0.2) is 61.1 Å². The largest absolute Gasteiger partial charge is 0.436 e. The maximum atomic E-state index is 13.7. The zero-order valence-electron chi connectivity index (χ0n) is 26.9. The lowest BCUT2D eigenvalue weighted by Gasteiger charge is -2.22. The van der Waals surface area contributed by atoms with E-state index in [0.717, 1.165) is 19.3 Å². The van der Waals surface area contributed by atoms with E-state index in [1.54, 1.807) is 16.7 Å². The van der Waals surface area contributed by atoms with Crippen molar-refractivity contribution in [3.05, 3.63) is 77.3 Å². The molecule has 1 saturated heterocycles. The minimum Gasteiger partial charge on any atom is -0.436 e. The summed E-state index contributed by atoms with van der Waals surface area (Å²) < 4.78 is 6.57. The molecule has 47 heavy (non-hydrogen) atoms.